The van der Waals surface area contributed by atoms with Gasteiger partial charge in [0.2, 0.25) is 0 Å². The van der Waals surface area contributed by atoms with Gasteiger partial charge < -0.3 is 10.1 Å². The Morgan fingerprint density at radius 1 is 1.05 bits per heavy atom. The van der Waals surface area contributed by atoms with Gasteiger partial charge in [0.1, 0.15) is 6.61 Å². The first-order valence-corrected chi connectivity index (χ1v) is 6.50. The molecule has 0 amide bonds. The number of para-hydroxylation sites is 2. The van der Waals surface area contributed by atoms with Crippen LogP contribution in [0.4, 0.5) is 10.1 Å². The normalized spacial score (nSPS) is 10.2. The lowest BCUT2D eigenvalue weighted by molar-refractivity contribution is 0.315. The van der Waals surface area contributed by atoms with Gasteiger partial charge in [-0.05, 0) is 30.2 Å². The van der Waals surface area contributed by atoms with Gasteiger partial charge in [-0.1, -0.05) is 37.3 Å². The lowest BCUT2D eigenvalue weighted by atomic mass is 10.1. The van der Waals surface area contributed by atoms with Gasteiger partial charge in [-0.3, -0.25) is 0 Å². The maximum absolute atomic E-state index is 13.3. The quantitative estimate of drug-likeness (QED) is 0.795. The SMILES string of the molecule is CCc1ccccc1NCCOc1ccccc1F. The van der Waals surface area contributed by atoms with Crippen molar-refractivity contribution in [2.75, 3.05) is 18.5 Å². The summed E-state index contributed by atoms with van der Waals surface area (Å²) in [6.07, 6.45) is 0.983. The molecule has 0 radical (unpaired) electrons. The van der Waals surface area contributed by atoms with E-state index in [1.165, 1.54) is 11.6 Å². The number of rotatable bonds is 6. The summed E-state index contributed by atoms with van der Waals surface area (Å²) in [5, 5.41) is 3.31. The van der Waals surface area contributed by atoms with Crippen LogP contribution in [0.5, 0.6) is 5.75 Å². The topological polar surface area (TPSA) is 21.3 Å². The Labute approximate surface area is 113 Å². The standard InChI is InChI=1S/C16H18FNO/c1-2-13-7-3-5-9-15(13)18-11-12-19-16-10-6-4-8-14(16)17/h3-10,18H,2,11-12H2,1H3. The number of benzene rings is 2. The molecule has 0 aliphatic carbocycles. The zero-order valence-corrected chi connectivity index (χ0v) is 11.0. The predicted octanol–water partition coefficient (Wildman–Crippen LogP) is 3.88. The van der Waals surface area contributed by atoms with Gasteiger partial charge in [0.25, 0.3) is 0 Å². The molecule has 100 valence electrons. The Balaban J connectivity index is 1.83. The molecular weight excluding hydrogens is 241 g/mol. The van der Waals surface area contributed by atoms with Gasteiger partial charge in [-0.15, -0.1) is 0 Å². The minimum Gasteiger partial charge on any atom is -0.489 e. The Kier molecular flexibility index (Phi) is 4.78. The summed E-state index contributed by atoms with van der Waals surface area (Å²) in [4.78, 5) is 0. The lowest BCUT2D eigenvalue weighted by Gasteiger charge is -2.11. The third-order valence-corrected chi connectivity index (χ3v) is 2.91. The maximum atomic E-state index is 13.3. The summed E-state index contributed by atoms with van der Waals surface area (Å²) in [5.41, 5.74) is 2.38. The van der Waals surface area contributed by atoms with E-state index in [0.29, 0.717) is 18.9 Å². The highest BCUT2D eigenvalue weighted by Crippen LogP contribution is 2.16. The zero-order chi connectivity index (χ0) is 13.5. The number of hydrogen-bond donors (Lipinski definition) is 1. The van der Waals surface area contributed by atoms with Crippen molar-refractivity contribution in [3.63, 3.8) is 0 Å². The van der Waals surface area contributed by atoms with Crippen molar-refractivity contribution in [3.8, 4) is 5.75 Å². The number of hydrogen-bond acceptors (Lipinski definition) is 2. The van der Waals surface area contributed by atoms with Gasteiger partial charge >= 0.3 is 0 Å². The number of aryl methyl sites for hydroxylation is 1. The number of nitrogens with one attached hydrogen (secondary N) is 1. The maximum Gasteiger partial charge on any atom is 0.165 e. The van der Waals surface area contributed by atoms with Crippen LogP contribution in [-0.4, -0.2) is 13.2 Å². The van der Waals surface area contributed by atoms with Gasteiger partial charge in [-0.25, -0.2) is 4.39 Å². The van der Waals surface area contributed by atoms with Crippen molar-refractivity contribution in [1.29, 1.82) is 0 Å². The van der Waals surface area contributed by atoms with Crippen LogP contribution >= 0.6 is 0 Å². The summed E-state index contributed by atoms with van der Waals surface area (Å²) < 4.78 is 18.7. The Morgan fingerprint density at radius 2 is 1.79 bits per heavy atom. The third-order valence-electron chi connectivity index (χ3n) is 2.91. The molecular formula is C16H18FNO. The van der Waals surface area contributed by atoms with Crippen LogP contribution in [0.2, 0.25) is 0 Å². The minimum absolute atomic E-state index is 0.299. The fraction of sp³-hybridized carbons (Fsp3) is 0.250. The fourth-order valence-electron chi connectivity index (χ4n) is 1.91. The summed E-state index contributed by atoms with van der Waals surface area (Å²) in [6.45, 7) is 3.20. The van der Waals surface area contributed by atoms with E-state index in [-0.39, 0.29) is 5.82 Å². The molecule has 0 aromatic heterocycles. The molecule has 2 rings (SSSR count). The van der Waals surface area contributed by atoms with Crippen LogP contribution in [-0.2, 0) is 6.42 Å². The van der Waals surface area contributed by atoms with Crippen LogP contribution < -0.4 is 10.1 Å². The molecule has 0 heterocycles. The largest absolute Gasteiger partial charge is 0.489 e. The summed E-state index contributed by atoms with van der Waals surface area (Å²) in [6, 6.07) is 14.6. The molecule has 3 heteroatoms. The molecule has 2 aromatic rings. The average Bonchev–Trinajstić information content (AvgIpc) is 2.45. The molecule has 2 aromatic carbocycles. The molecule has 0 atom stereocenters. The van der Waals surface area contributed by atoms with Gasteiger partial charge in [0, 0.05) is 12.2 Å². The molecule has 19 heavy (non-hydrogen) atoms. The monoisotopic (exact) mass is 259 g/mol. The van der Waals surface area contributed by atoms with Crippen LogP contribution in [0.25, 0.3) is 0 Å². The van der Waals surface area contributed by atoms with E-state index >= 15 is 0 Å². The van der Waals surface area contributed by atoms with E-state index in [0.717, 1.165) is 12.1 Å². The van der Waals surface area contributed by atoms with Crippen molar-refractivity contribution in [2.45, 2.75) is 13.3 Å². The Bertz CT molecular complexity index is 528. The molecule has 0 saturated heterocycles. The average molecular weight is 259 g/mol. The Morgan fingerprint density at radius 3 is 2.58 bits per heavy atom. The Hall–Kier alpha value is -2.03. The number of ether oxygens (including phenoxy) is 1. The van der Waals surface area contributed by atoms with E-state index in [2.05, 4.69) is 18.3 Å². The molecule has 0 saturated carbocycles. The van der Waals surface area contributed by atoms with Gasteiger partial charge in [-0.2, -0.15) is 0 Å². The van der Waals surface area contributed by atoms with Crippen molar-refractivity contribution < 1.29 is 9.13 Å². The van der Waals surface area contributed by atoms with Gasteiger partial charge in [0.05, 0.1) is 0 Å². The van der Waals surface area contributed by atoms with Crippen LogP contribution in [0.15, 0.2) is 48.5 Å². The smallest absolute Gasteiger partial charge is 0.165 e. The molecule has 0 unspecified atom stereocenters. The molecule has 0 aliphatic heterocycles. The van der Waals surface area contributed by atoms with E-state index in [4.69, 9.17) is 4.74 Å². The minimum atomic E-state index is -0.323. The predicted molar refractivity (Wildman–Crippen MR) is 76.2 cm³/mol. The van der Waals surface area contributed by atoms with E-state index in [1.54, 1.807) is 18.2 Å². The first-order chi connectivity index (χ1) is 9.31. The van der Waals surface area contributed by atoms with Crippen molar-refractivity contribution in [1.82, 2.24) is 0 Å². The van der Waals surface area contributed by atoms with Crippen molar-refractivity contribution in [3.05, 3.63) is 59.9 Å². The van der Waals surface area contributed by atoms with E-state index in [1.807, 2.05) is 18.2 Å². The molecule has 2 nitrogen and oxygen atoms in total. The van der Waals surface area contributed by atoms with Crippen molar-refractivity contribution in [2.24, 2.45) is 0 Å². The second kappa shape index (κ2) is 6.78. The van der Waals surface area contributed by atoms with Crippen LogP contribution in [0.1, 0.15) is 12.5 Å². The van der Waals surface area contributed by atoms with E-state index in [9.17, 15) is 4.39 Å². The second-order valence-electron chi connectivity index (χ2n) is 4.22. The molecule has 1 N–H and O–H groups in total. The van der Waals surface area contributed by atoms with E-state index < -0.39 is 0 Å². The first-order valence-electron chi connectivity index (χ1n) is 6.50. The number of halogens is 1. The van der Waals surface area contributed by atoms with Crippen LogP contribution in [0, 0.1) is 5.82 Å². The van der Waals surface area contributed by atoms with Gasteiger partial charge in [0.15, 0.2) is 11.6 Å². The lowest BCUT2D eigenvalue weighted by Crippen LogP contribution is -2.13. The summed E-state index contributed by atoms with van der Waals surface area (Å²) in [7, 11) is 0. The molecule has 0 spiro atoms. The number of anilines is 1. The molecule has 0 aliphatic rings. The van der Waals surface area contributed by atoms with Crippen molar-refractivity contribution >= 4 is 5.69 Å². The highest BCUT2D eigenvalue weighted by molar-refractivity contribution is 5.50. The fourth-order valence-corrected chi connectivity index (χ4v) is 1.91. The second-order valence-corrected chi connectivity index (χ2v) is 4.22. The first kappa shape index (κ1) is 13.4. The van der Waals surface area contributed by atoms with Crippen LogP contribution in [0.3, 0.4) is 0 Å². The summed E-state index contributed by atoms with van der Waals surface area (Å²) >= 11 is 0. The highest BCUT2D eigenvalue weighted by atomic mass is 19.1. The molecule has 0 bridgehead atoms. The third kappa shape index (κ3) is 3.71. The highest BCUT2D eigenvalue weighted by Gasteiger charge is 2.01. The summed E-state index contributed by atoms with van der Waals surface area (Å²) in [5.74, 6) is -0.0236. The molecule has 0 fully saturated rings. The zero-order valence-electron chi connectivity index (χ0n) is 11.0.